The van der Waals surface area contributed by atoms with Gasteiger partial charge in [0.25, 0.3) is 0 Å². The fourth-order valence-corrected chi connectivity index (χ4v) is 0.754. The molecule has 0 heterocycles. The monoisotopic (exact) mass is 234 g/mol. The van der Waals surface area contributed by atoms with Crippen molar-refractivity contribution in [2.75, 3.05) is 0 Å². The zero-order valence-corrected chi connectivity index (χ0v) is 6.47. The number of alkyl halides is 5. The first-order valence-electron chi connectivity index (χ1n) is 2.05. The van der Waals surface area contributed by atoms with Crippen LogP contribution in [0.15, 0.2) is 0 Å². The first kappa shape index (κ1) is 11.8. The Labute approximate surface area is 67.7 Å². The SMILES string of the molecule is O=S(=O)(Cl)OC(F)(F)C(F)(F)F. The van der Waals surface area contributed by atoms with Gasteiger partial charge >= 0.3 is 21.6 Å². The number of halogens is 6. The van der Waals surface area contributed by atoms with Crippen LogP contribution in [0.1, 0.15) is 0 Å². The van der Waals surface area contributed by atoms with E-state index in [1.54, 1.807) is 0 Å². The Morgan fingerprint density at radius 3 is 1.50 bits per heavy atom. The lowest BCUT2D eigenvalue weighted by atomic mass is 10.6. The van der Waals surface area contributed by atoms with Crippen LogP contribution in [0.3, 0.4) is 0 Å². The Bertz CT molecular complexity index is 254. The fourth-order valence-electron chi connectivity index (χ4n) is 0.172. The van der Waals surface area contributed by atoms with Crippen LogP contribution in [0.25, 0.3) is 0 Å². The third-order valence-electron chi connectivity index (χ3n) is 0.534. The lowest BCUT2D eigenvalue weighted by Crippen LogP contribution is -2.39. The second-order valence-corrected chi connectivity index (χ2v) is 3.58. The first-order chi connectivity index (χ1) is 4.96. The lowest BCUT2D eigenvalue weighted by Gasteiger charge is -2.16. The van der Waals surface area contributed by atoms with E-state index >= 15 is 0 Å². The minimum atomic E-state index is -6.12. The average molecular weight is 235 g/mol. The molecular formula is C2ClF5O3S. The van der Waals surface area contributed by atoms with Gasteiger partial charge in [-0.25, -0.2) is 0 Å². The van der Waals surface area contributed by atoms with E-state index in [-0.39, 0.29) is 0 Å². The van der Waals surface area contributed by atoms with Crippen LogP contribution >= 0.6 is 10.7 Å². The van der Waals surface area contributed by atoms with Crippen molar-refractivity contribution in [3.63, 3.8) is 0 Å². The molecule has 0 N–H and O–H groups in total. The minimum Gasteiger partial charge on any atom is -0.181 e. The van der Waals surface area contributed by atoms with Crippen molar-refractivity contribution < 1.29 is 34.6 Å². The van der Waals surface area contributed by atoms with Crippen molar-refractivity contribution in [2.24, 2.45) is 0 Å². The Hall–Kier alpha value is -0.150. The molecule has 0 aromatic heterocycles. The smallest absolute Gasteiger partial charge is 0.181 e. The molecule has 0 spiro atoms. The van der Waals surface area contributed by atoms with E-state index in [9.17, 15) is 30.4 Å². The summed E-state index contributed by atoms with van der Waals surface area (Å²) in [4.78, 5) is 0. The van der Waals surface area contributed by atoms with E-state index < -0.39 is 21.6 Å². The van der Waals surface area contributed by atoms with Crippen molar-refractivity contribution >= 4 is 20.0 Å². The molecule has 0 aliphatic rings. The maximum absolute atomic E-state index is 11.6. The molecule has 10 heteroatoms. The highest BCUT2D eigenvalue weighted by atomic mass is 35.7. The van der Waals surface area contributed by atoms with Crippen molar-refractivity contribution in [3.8, 4) is 0 Å². The number of hydrogen-bond acceptors (Lipinski definition) is 3. The zero-order valence-electron chi connectivity index (χ0n) is 4.90. The normalized spacial score (nSPS) is 14.8. The molecule has 0 fully saturated rings. The van der Waals surface area contributed by atoms with Gasteiger partial charge in [0.2, 0.25) is 0 Å². The topological polar surface area (TPSA) is 43.4 Å². The Balaban J connectivity index is 4.67. The van der Waals surface area contributed by atoms with Crippen LogP contribution < -0.4 is 0 Å². The minimum absolute atomic E-state index is 2.27. The molecule has 0 rings (SSSR count). The molecule has 74 valence electrons. The number of hydrogen-bond donors (Lipinski definition) is 0. The van der Waals surface area contributed by atoms with Gasteiger partial charge in [-0.15, -0.1) is 0 Å². The molecule has 0 bridgehead atoms. The quantitative estimate of drug-likeness (QED) is 0.539. The molecule has 0 aromatic rings. The molecule has 0 aromatic carbocycles. The van der Waals surface area contributed by atoms with Gasteiger partial charge in [-0.3, -0.25) is 0 Å². The van der Waals surface area contributed by atoms with E-state index in [0.717, 1.165) is 0 Å². The van der Waals surface area contributed by atoms with Gasteiger partial charge in [0.05, 0.1) is 0 Å². The second kappa shape index (κ2) is 2.96. The summed E-state index contributed by atoms with van der Waals surface area (Å²) in [5.74, 6) is 0. The lowest BCUT2D eigenvalue weighted by molar-refractivity contribution is -0.358. The molecule has 0 unspecified atom stereocenters. The third-order valence-corrected chi connectivity index (χ3v) is 1.13. The summed E-state index contributed by atoms with van der Waals surface area (Å²) in [5, 5.41) is 0. The van der Waals surface area contributed by atoms with Crippen LogP contribution in [-0.4, -0.2) is 20.7 Å². The molecule has 0 aliphatic carbocycles. The van der Waals surface area contributed by atoms with Gasteiger partial charge in [0, 0.05) is 10.7 Å². The summed E-state index contributed by atoms with van der Waals surface area (Å²) in [5.41, 5.74) is 0. The Morgan fingerprint density at radius 1 is 1.08 bits per heavy atom. The van der Waals surface area contributed by atoms with Crippen LogP contribution in [-0.2, 0) is 13.5 Å². The van der Waals surface area contributed by atoms with Crippen LogP contribution in [0.4, 0.5) is 22.0 Å². The van der Waals surface area contributed by atoms with Crippen molar-refractivity contribution in [1.29, 1.82) is 0 Å². The summed E-state index contributed by atoms with van der Waals surface area (Å²) in [6.45, 7) is 0. The molecule has 0 aliphatic heterocycles. The van der Waals surface area contributed by atoms with E-state index in [4.69, 9.17) is 0 Å². The van der Waals surface area contributed by atoms with Crippen molar-refractivity contribution in [3.05, 3.63) is 0 Å². The summed E-state index contributed by atoms with van der Waals surface area (Å²) >= 11 is 0. The molecule has 12 heavy (non-hydrogen) atoms. The van der Waals surface area contributed by atoms with Gasteiger partial charge in [0.15, 0.2) is 0 Å². The summed E-state index contributed by atoms with van der Waals surface area (Å²) < 4.78 is 78.3. The Morgan fingerprint density at radius 2 is 1.42 bits per heavy atom. The highest BCUT2D eigenvalue weighted by molar-refractivity contribution is 8.10. The molecule has 0 saturated carbocycles. The number of rotatable bonds is 2. The highest BCUT2D eigenvalue weighted by Gasteiger charge is 2.62. The van der Waals surface area contributed by atoms with Gasteiger partial charge in [-0.2, -0.15) is 34.6 Å². The maximum atomic E-state index is 11.6. The van der Waals surface area contributed by atoms with Gasteiger partial charge in [-0.05, 0) is 0 Å². The second-order valence-electron chi connectivity index (χ2n) is 1.49. The molecule has 0 radical (unpaired) electrons. The van der Waals surface area contributed by atoms with Crippen LogP contribution in [0.5, 0.6) is 0 Å². The van der Waals surface area contributed by atoms with Gasteiger partial charge in [0.1, 0.15) is 0 Å². The summed E-state index contributed by atoms with van der Waals surface area (Å²) in [6.07, 6.45) is -11.9. The molecule has 3 nitrogen and oxygen atoms in total. The molecule has 0 amide bonds. The van der Waals surface area contributed by atoms with Crippen molar-refractivity contribution in [2.45, 2.75) is 12.3 Å². The zero-order chi connectivity index (χ0) is 10.2. The predicted molar refractivity (Wildman–Crippen MR) is 26.9 cm³/mol. The van der Waals surface area contributed by atoms with Crippen LogP contribution in [0, 0.1) is 0 Å². The fraction of sp³-hybridized carbons (Fsp3) is 1.00. The van der Waals surface area contributed by atoms with Gasteiger partial charge < -0.3 is 0 Å². The Kier molecular flexibility index (Phi) is 2.93. The predicted octanol–water partition coefficient (Wildman–Crippen LogP) is 1.64. The van der Waals surface area contributed by atoms with E-state index in [0.29, 0.717) is 0 Å². The van der Waals surface area contributed by atoms with E-state index in [2.05, 4.69) is 14.9 Å². The molecule has 0 atom stereocenters. The van der Waals surface area contributed by atoms with Gasteiger partial charge in [-0.1, -0.05) is 0 Å². The first-order valence-corrected chi connectivity index (χ1v) is 4.29. The van der Waals surface area contributed by atoms with Crippen molar-refractivity contribution in [1.82, 2.24) is 0 Å². The highest BCUT2D eigenvalue weighted by Crippen LogP contribution is 2.37. The van der Waals surface area contributed by atoms with Crippen LogP contribution in [0.2, 0.25) is 0 Å². The van der Waals surface area contributed by atoms with E-state index in [1.807, 2.05) is 0 Å². The summed E-state index contributed by atoms with van der Waals surface area (Å²) in [6, 6.07) is 0. The molecular weight excluding hydrogens is 235 g/mol. The standard InChI is InChI=1S/C2ClF5O3S/c3-12(9,10)11-2(7,8)1(4,5)6. The largest absolute Gasteiger partial charge is 0.484 e. The maximum Gasteiger partial charge on any atom is 0.484 e. The molecule has 0 saturated heterocycles. The van der Waals surface area contributed by atoms with E-state index in [1.165, 1.54) is 0 Å². The average Bonchev–Trinajstić information content (AvgIpc) is 1.52. The summed E-state index contributed by atoms with van der Waals surface area (Å²) in [7, 11) is -1.37. The third kappa shape index (κ3) is 3.50.